The second kappa shape index (κ2) is 13.1. The Hall–Kier alpha value is -2.87. The van der Waals surface area contributed by atoms with Crippen LogP contribution >= 0.6 is 11.8 Å². The third-order valence-corrected chi connectivity index (χ3v) is 7.23. The molecule has 0 aromatic heterocycles. The minimum atomic E-state index is -0.543. The molecule has 34 heavy (non-hydrogen) atoms. The number of non-ortho nitro benzene ring substituents is 1. The van der Waals surface area contributed by atoms with Crippen LogP contribution in [0.1, 0.15) is 50.2 Å². The van der Waals surface area contributed by atoms with E-state index >= 15 is 0 Å². The maximum absolute atomic E-state index is 13.2. The number of nitro benzene ring substituents is 1. The molecule has 7 nitrogen and oxygen atoms in total. The maximum atomic E-state index is 13.2. The van der Waals surface area contributed by atoms with E-state index in [1.807, 2.05) is 37.3 Å². The lowest BCUT2D eigenvalue weighted by Crippen LogP contribution is -2.51. The van der Waals surface area contributed by atoms with E-state index in [-0.39, 0.29) is 29.3 Å². The van der Waals surface area contributed by atoms with Gasteiger partial charge < -0.3 is 10.2 Å². The van der Waals surface area contributed by atoms with Gasteiger partial charge in [0.05, 0.1) is 10.7 Å². The number of rotatable bonds is 11. The zero-order valence-electron chi connectivity index (χ0n) is 19.7. The molecule has 1 fully saturated rings. The van der Waals surface area contributed by atoms with Gasteiger partial charge >= 0.3 is 0 Å². The zero-order chi connectivity index (χ0) is 24.3. The van der Waals surface area contributed by atoms with Gasteiger partial charge in [-0.1, -0.05) is 61.7 Å². The number of hydrogen-bond donors (Lipinski definition) is 1. The second-order valence-corrected chi connectivity index (χ2v) is 9.74. The average Bonchev–Trinajstić information content (AvgIpc) is 2.85. The fourth-order valence-corrected chi connectivity index (χ4v) is 5.06. The number of nitrogens with one attached hydrogen (secondary N) is 1. The van der Waals surface area contributed by atoms with Gasteiger partial charge in [-0.2, -0.15) is 0 Å². The number of hydrogen-bond acceptors (Lipinski definition) is 5. The molecule has 1 atom stereocenters. The third kappa shape index (κ3) is 7.87. The molecule has 1 saturated carbocycles. The van der Waals surface area contributed by atoms with Crippen LogP contribution in [0.25, 0.3) is 0 Å². The van der Waals surface area contributed by atoms with E-state index in [0.717, 1.165) is 36.8 Å². The van der Waals surface area contributed by atoms with Crippen LogP contribution in [0, 0.1) is 10.1 Å². The molecule has 2 aromatic rings. The molecule has 1 aliphatic carbocycles. The molecule has 0 radical (unpaired) electrons. The average molecular weight is 484 g/mol. The third-order valence-electron chi connectivity index (χ3n) is 6.24. The number of nitro groups is 1. The summed E-state index contributed by atoms with van der Waals surface area (Å²) in [6.45, 7) is 2.28. The summed E-state index contributed by atoms with van der Waals surface area (Å²) in [6.07, 6.45) is 6.17. The van der Waals surface area contributed by atoms with E-state index in [1.165, 1.54) is 30.3 Å². The summed E-state index contributed by atoms with van der Waals surface area (Å²) in [4.78, 5) is 38.2. The highest BCUT2D eigenvalue weighted by molar-refractivity contribution is 7.99. The van der Waals surface area contributed by atoms with Gasteiger partial charge in [0.1, 0.15) is 6.04 Å². The van der Waals surface area contributed by atoms with Crippen molar-refractivity contribution in [2.75, 3.05) is 12.3 Å². The lowest BCUT2D eigenvalue weighted by Gasteiger charge is -2.31. The van der Waals surface area contributed by atoms with Gasteiger partial charge in [0, 0.05) is 30.5 Å². The molecule has 0 spiro atoms. The van der Waals surface area contributed by atoms with E-state index in [4.69, 9.17) is 0 Å². The van der Waals surface area contributed by atoms with Crippen molar-refractivity contribution in [2.45, 2.75) is 63.3 Å². The van der Waals surface area contributed by atoms with Crippen molar-refractivity contribution in [3.63, 3.8) is 0 Å². The van der Waals surface area contributed by atoms with Crippen LogP contribution in [-0.4, -0.2) is 46.0 Å². The highest BCUT2D eigenvalue weighted by Gasteiger charge is 2.27. The van der Waals surface area contributed by atoms with Crippen molar-refractivity contribution in [3.05, 3.63) is 75.8 Å². The Kier molecular flexibility index (Phi) is 9.94. The molecule has 8 heteroatoms. The van der Waals surface area contributed by atoms with Crippen LogP contribution in [0.4, 0.5) is 5.69 Å². The molecule has 2 aromatic carbocycles. The van der Waals surface area contributed by atoms with E-state index in [0.29, 0.717) is 18.7 Å². The van der Waals surface area contributed by atoms with Crippen molar-refractivity contribution < 1.29 is 14.5 Å². The number of thioether (sulfide) groups is 1. The minimum Gasteiger partial charge on any atom is -0.352 e. The van der Waals surface area contributed by atoms with Crippen molar-refractivity contribution >= 4 is 29.3 Å². The van der Waals surface area contributed by atoms with Gasteiger partial charge in [0.2, 0.25) is 11.8 Å². The fourth-order valence-electron chi connectivity index (χ4n) is 4.19. The molecule has 1 unspecified atom stereocenters. The number of carbonyl (C=O) groups is 2. The molecular formula is C26H33N3O4S. The van der Waals surface area contributed by atoms with Crippen molar-refractivity contribution in [1.82, 2.24) is 10.2 Å². The Morgan fingerprint density at radius 3 is 2.38 bits per heavy atom. The van der Waals surface area contributed by atoms with Crippen LogP contribution in [0.2, 0.25) is 0 Å². The molecule has 1 N–H and O–H groups in total. The van der Waals surface area contributed by atoms with E-state index in [2.05, 4.69) is 5.32 Å². The predicted molar refractivity (Wildman–Crippen MR) is 136 cm³/mol. The first kappa shape index (κ1) is 25.7. The lowest BCUT2D eigenvalue weighted by molar-refractivity contribution is -0.384. The monoisotopic (exact) mass is 483 g/mol. The first-order valence-electron chi connectivity index (χ1n) is 11.9. The van der Waals surface area contributed by atoms with Crippen LogP contribution in [0.3, 0.4) is 0 Å². The van der Waals surface area contributed by atoms with Crippen molar-refractivity contribution in [1.29, 1.82) is 0 Å². The summed E-state index contributed by atoms with van der Waals surface area (Å²) in [5, 5.41) is 14.0. The first-order valence-corrected chi connectivity index (χ1v) is 13.0. The SMILES string of the molecule is CC(C(=O)NC1CCCCC1)N(CCc1ccccc1)C(=O)CSCc1ccc([N+](=O)[O-])cc1. The van der Waals surface area contributed by atoms with Gasteiger partial charge in [-0.25, -0.2) is 0 Å². The molecule has 0 heterocycles. The molecule has 2 amide bonds. The number of benzene rings is 2. The van der Waals surface area contributed by atoms with Gasteiger partial charge in [-0.05, 0) is 37.3 Å². The minimum absolute atomic E-state index is 0.0507. The van der Waals surface area contributed by atoms with Crippen molar-refractivity contribution in [2.24, 2.45) is 0 Å². The van der Waals surface area contributed by atoms with Gasteiger partial charge in [0.15, 0.2) is 0 Å². The number of nitrogens with zero attached hydrogens (tertiary/aromatic N) is 2. The van der Waals surface area contributed by atoms with E-state index in [1.54, 1.807) is 17.0 Å². The van der Waals surface area contributed by atoms with Gasteiger partial charge in [-0.3, -0.25) is 19.7 Å². The summed E-state index contributed by atoms with van der Waals surface area (Å²) in [5.41, 5.74) is 2.09. The Balaban J connectivity index is 1.59. The Morgan fingerprint density at radius 1 is 1.06 bits per heavy atom. The van der Waals surface area contributed by atoms with Crippen LogP contribution in [0.15, 0.2) is 54.6 Å². The maximum Gasteiger partial charge on any atom is 0.269 e. The van der Waals surface area contributed by atoms with E-state index < -0.39 is 11.0 Å². The predicted octanol–water partition coefficient (Wildman–Crippen LogP) is 4.74. The molecular weight excluding hydrogens is 450 g/mol. The normalized spacial score (nSPS) is 14.9. The van der Waals surface area contributed by atoms with Crippen LogP contribution < -0.4 is 5.32 Å². The standard InChI is InChI=1S/C26H33N3O4S/c1-20(26(31)27-23-10-6-3-7-11-23)28(17-16-21-8-4-2-5-9-21)25(30)19-34-18-22-12-14-24(15-13-22)29(32)33/h2,4-5,8-9,12-15,20,23H,3,6-7,10-11,16-19H2,1H3,(H,27,31). The summed E-state index contributed by atoms with van der Waals surface area (Å²) in [6, 6.07) is 16.0. The quantitative estimate of drug-likeness (QED) is 0.368. The highest BCUT2D eigenvalue weighted by atomic mass is 32.2. The van der Waals surface area contributed by atoms with Gasteiger partial charge in [-0.15, -0.1) is 11.8 Å². The highest BCUT2D eigenvalue weighted by Crippen LogP contribution is 2.19. The number of amides is 2. The summed E-state index contributed by atoms with van der Waals surface area (Å²) in [7, 11) is 0. The molecule has 3 rings (SSSR count). The molecule has 1 aliphatic rings. The van der Waals surface area contributed by atoms with Crippen LogP contribution in [0.5, 0.6) is 0 Å². The van der Waals surface area contributed by atoms with Gasteiger partial charge in [0.25, 0.3) is 5.69 Å². The molecule has 0 aliphatic heterocycles. The second-order valence-electron chi connectivity index (χ2n) is 8.76. The first-order chi connectivity index (χ1) is 16.4. The largest absolute Gasteiger partial charge is 0.352 e. The van der Waals surface area contributed by atoms with Crippen LogP contribution in [-0.2, 0) is 21.8 Å². The van der Waals surface area contributed by atoms with Crippen molar-refractivity contribution in [3.8, 4) is 0 Å². The lowest BCUT2D eigenvalue weighted by atomic mass is 9.95. The molecule has 182 valence electrons. The summed E-state index contributed by atoms with van der Waals surface area (Å²) >= 11 is 1.45. The smallest absolute Gasteiger partial charge is 0.269 e. The Morgan fingerprint density at radius 2 is 1.74 bits per heavy atom. The summed E-state index contributed by atoms with van der Waals surface area (Å²) < 4.78 is 0. The zero-order valence-corrected chi connectivity index (χ0v) is 20.5. The fraction of sp³-hybridized carbons (Fsp3) is 0.462. The molecule has 0 saturated heterocycles. The topological polar surface area (TPSA) is 92.6 Å². The Labute approximate surface area is 205 Å². The van der Waals surface area contributed by atoms with E-state index in [9.17, 15) is 19.7 Å². The number of carbonyl (C=O) groups excluding carboxylic acids is 2. The molecule has 0 bridgehead atoms. The summed E-state index contributed by atoms with van der Waals surface area (Å²) in [5.74, 6) is 0.647. The Bertz CT molecular complexity index is 946.